The molecular weight excluding hydrogens is 242 g/mol. The van der Waals surface area contributed by atoms with E-state index in [2.05, 4.69) is 15.6 Å². The van der Waals surface area contributed by atoms with Gasteiger partial charge in [0.2, 0.25) is 0 Å². The largest absolute Gasteiger partial charge is 0.379 e. The van der Waals surface area contributed by atoms with Crippen molar-refractivity contribution in [3.05, 3.63) is 0 Å². The van der Waals surface area contributed by atoms with Gasteiger partial charge >= 0.3 is 0 Å². The predicted molar refractivity (Wildman–Crippen MR) is 76.5 cm³/mol. The van der Waals surface area contributed by atoms with Gasteiger partial charge in [0.05, 0.1) is 12.7 Å². The zero-order chi connectivity index (χ0) is 13.3. The van der Waals surface area contributed by atoms with Gasteiger partial charge in [0, 0.05) is 33.4 Å². The van der Waals surface area contributed by atoms with Gasteiger partial charge in [-0.3, -0.25) is 4.99 Å². The Morgan fingerprint density at radius 3 is 2.79 bits per heavy atom. The van der Waals surface area contributed by atoms with Crippen molar-refractivity contribution in [3.8, 4) is 0 Å². The molecule has 0 radical (unpaired) electrons. The van der Waals surface area contributed by atoms with E-state index in [-0.39, 0.29) is 0 Å². The van der Waals surface area contributed by atoms with Gasteiger partial charge in [-0.1, -0.05) is 12.8 Å². The number of guanidine groups is 1. The number of nitrogens with one attached hydrogen (secondary N) is 2. The lowest BCUT2D eigenvalue weighted by Crippen LogP contribution is -2.38. The van der Waals surface area contributed by atoms with E-state index in [1.807, 2.05) is 7.05 Å². The number of nitrogens with zero attached hydrogens (tertiary/aromatic N) is 1. The summed E-state index contributed by atoms with van der Waals surface area (Å²) in [5.74, 6) is 1.87. The van der Waals surface area contributed by atoms with Gasteiger partial charge in [-0.05, 0) is 25.2 Å². The van der Waals surface area contributed by atoms with Crippen LogP contribution in [0, 0.1) is 5.92 Å². The Morgan fingerprint density at radius 1 is 1.26 bits per heavy atom. The highest BCUT2D eigenvalue weighted by atomic mass is 16.5. The van der Waals surface area contributed by atoms with Crippen molar-refractivity contribution in [3.63, 3.8) is 0 Å². The highest BCUT2D eigenvalue weighted by Crippen LogP contribution is 2.31. The lowest BCUT2D eigenvalue weighted by Gasteiger charge is -2.13. The second-order valence-electron chi connectivity index (χ2n) is 5.37. The van der Waals surface area contributed by atoms with Gasteiger partial charge in [0.1, 0.15) is 0 Å². The average molecular weight is 269 g/mol. The highest BCUT2D eigenvalue weighted by molar-refractivity contribution is 5.79. The van der Waals surface area contributed by atoms with Gasteiger partial charge in [-0.25, -0.2) is 0 Å². The Labute approximate surface area is 116 Å². The lowest BCUT2D eigenvalue weighted by molar-refractivity contribution is 0.0420. The molecule has 0 aromatic rings. The van der Waals surface area contributed by atoms with Gasteiger partial charge in [-0.15, -0.1) is 0 Å². The summed E-state index contributed by atoms with van der Waals surface area (Å²) in [7, 11) is 1.82. The van der Waals surface area contributed by atoms with E-state index in [9.17, 15) is 0 Å². The van der Waals surface area contributed by atoms with Crippen molar-refractivity contribution in [2.75, 3.05) is 40.0 Å². The Bertz CT molecular complexity index is 274. The van der Waals surface area contributed by atoms with Gasteiger partial charge in [0.25, 0.3) is 0 Å². The summed E-state index contributed by atoms with van der Waals surface area (Å²) in [4.78, 5) is 4.21. The first-order valence-corrected chi connectivity index (χ1v) is 7.52. The highest BCUT2D eigenvalue weighted by Gasteiger charge is 2.20. The zero-order valence-electron chi connectivity index (χ0n) is 12.0. The van der Waals surface area contributed by atoms with Gasteiger partial charge in [0.15, 0.2) is 5.96 Å². The van der Waals surface area contributed by atoms with Crippen molar-refractivity contribution in [1.29, 1.82) is 0 Å². The van der Waals surface area contributed by atoms with Crippen LogP contribution in [0.2, 0.25) is 0 Å². The molecule has 0 aromatic carbocycles. The summed E-state index contributed by atoms with van der Waals surface area (Å²) in [5.41, 5.74) is 0. The minimum atomic E-state index is 0.316. The molecule has 1 aliphatic carbocycles. The monoisotopic (exact) mass is 269 g/mol. The molecule has 2 aliphatic rings. The summed E-state index contributed by atoms with van der Waals surface area (Å²) in [6.07, 6.45) is 6.45. The minimum absolute atomic E-state index is 0.316. The Morgan fingerprint density at radius 2 is 2.11 bits per heavy atom. The van der Waals surface area contributed by atoms with Crippen molar-refractivity contribution in [2.24, 2.45) is 10.9 Å². The quantitative estimate of drug-likeness (QED) is 0.394. The van der Waals surface area contributed by atoms with Crippen LogP contribution in [0.25, 0.3) is 0 Å². The third-order valence-electron chi connectivity index (χ3n) is 3.62. The van der Waals surface area contributed by atoms with Crippen molar-refractivity contribution >= 4 is 5.96 Å². The molecule has 0 bridgehead atoms. The number of hydrogen-bond acceptors (Lipinski definition) is 3. The number of hydrogen-bond donors (Lipinski definition) is 2. The van der Waals surface area contributed by atoms with Crippen LogP contribution < -0.4 is 10.6 Å². The fourth-order valence-corrected chi connectivity index (χ4v) is 2.20. The number of ether oxygens (including phenoxy) is 2. The summed E-state index contributed by atoms with van der Waals surface area (Å²) in [6.45, 7) is 4.33. The first-order chi connectivity index (χ1) is 9.38. The van der Waals surface area contributed by atoms with E-state index in [0.717, 1.165) is 57.6 Å². The van der Waals surface area contributed by atoms with Crippen LogP contribution >= 0.6 is 0 Å². The molecule has 2 N–H and O–H groups in total. The molecule has 1 atom stereocenters. The summed E-state index contributed by atoms with van der Waals surface area (Å²) in [5, 5.41) is 6.67. The number of aliphatic imine (C=N–C) groups is 1. The second kappa shape index (κ2) is 8.38. The topological polar surface area (TPSA) is 54.9 Å². The van der Waals surface area contributed by atoms with E-state index in [0.29, 0.717) is 6.10 Å². The maximum Gasteiger partial charge on any atom is 0.190 e. The molecule has 1 saturated carbocycles. The first-order valence-electron chi connectivity index (χ1n) is 7.52. The molecule has 19 heavy (non-hydrogen) atoms. The van der Waals surface area contributed by atoms with E-state index >= 15 is 0 Å². The Kier molecular flexibility index (Phi) is 6.44. The molecule has 110 valence electrons. The Hall–Kier alpha value is -0.810. The molecule has 1 heterocycles. The minimum Gasteiger partial charge on any atom is -0.379 e. The van der Waals surface area contributed by atoms with E-state index in [1.165, 1.54) is 19.3 Å². The van der Waals surface area contributed by atoms with Gasteiger partial charge in [-0.2, -0.15) is 0 Å². The van der Waals surface area contributed by atoms with Crippen LogP contribution in [0.3, 0.4) is 0 Å². The lowest BCUT2D eigenvalue weighted by atomic mass is 10.3. The van der Waals surface area contributed by atoms with Crippen LogP contribution in [0.5, 0.6) is 0 Å². The van der Waals surface area contributed by atoms with Crippen molar-refractivity contribution < 1.29 is 9.47 Å². The van der Waals surface area contributed by atoms with Crippen molar-refractivity contribution in [1.82, 2.24) is 10.6 Å². The van der Waals surface area contributed by atoms with Crippen LogP contribution in [-0.4, -0.2) is 52.0 Å². The zero-order valence-corrected chi connectivity index (χ0v) is 12.0. The molecule has 5 heteroatoms. The molecular formula is C14H27N3O2. The molecule has 2 rings (SSSR count). The molecule has 1 unspecified atom stereocenters. The molecule has 5 nitrogen and oxygen atoms in total. The van der Waals surface area contributed by atoms with Crippen molar-refractivity contribution in [2.45, 2.75) is 38.2 Å². The third kappa shape index (κ3) is 6.25. The normalized spacial score (nSPS) is 23.6. The molecule has 1 saturated heterocycles. The second-order valence-corrected chi connectivity index (χ2v) is 5.37. The van der Waals surface area contributed by atoms with E-state index < -0.39 is 0 Å². The summed E-state index contributed by atoms with van der Waals surface area (Å²) >= 11 is 0. The molecule has 0 aromatic heterocycles. The number of rotatable bonds is 8. The van der Waals surface area contributed by atoms with Crippen LogP contribution in [-0.2, 0) is 9.47 Å². The molecule has 1 aliphatic heterocycles. The fraction of sp³-hybridized carbons (Fsp3) is 0.929. The van der Waals surface area contributed by atoms with Crippen LogP contribution in [0.15, 0.2) is 4.99 Å². The van der Waals surface area contributed by atoms with Crippen LogP contribution in [0.1, 0.15) is 32.1 Å². The van der Waals surface area contributed by atoms with Gasteiger partial charge < -0.3 is 20.1 Å². The predicted octanol–water partition coefficient (Wildman–Crippen LogP) is 1.15. The SMILES string of the molecule is CN=C(NCCCOC1CCOC1)NCCC1CC1. The fourth-order valence-electron chi connectivity index (χ4n) is 2.20. The molecule has 0 amide bonds. The summed E-state index contributed by atoms with van der Waals surface area (Å²) < 4.78 is 11.0. The molecule has 0 spiro atoms. The smallest absolute Gasteiger partial charge is 0.190 e. The van der Waals surface area contributed by atoms with E-state index in [4.69, 9.17) is 9.47 Å². The Balaban J connectivity index is 1.43. The maximum atomic E-state index is 5.71. The third-order valence-corrected chi connectivity index (χ3v) is 3.62. The average Bonchev–Trinajstić information content (AvgIpc) is 3.10. The first kappa shape index (κ1) is 14.6. The maximum absolute atomic E-state index is 5.71. The summed E-state index contributed by atoms with van der Waals surface area (Å²) in [6, 6.07) is 0. The van der Waals surface area contributed by atoms with E-state index in [1.54, 1.807) is 0 Å². The molecule has 2 fully saturated rings. The standard InChI is InChI=1S/C14H27N3O2/c1-15-14(17-8-5-12-3-4-12)16-7-2-9-19-13-6-10-18-11-13/h12-13H,2-11H2,1H3,(H2,15,16,17). The van der Waals surface area contributed by atoms with Crippen LogP contribution in [0.4, 0.5) is 0 Å².